The van der Waals surface area contributed by atoms with Crippen molar-refractivity contribution in [3.8, 4) is 0 Å². The van der Waals surface area contributed by atoms with Gasteiger partial charge < -0.3 is 10.1 Å². The summed E-state index contributed by atoms with van der Waals surface area (Å²) in [5.74, 6) is 0.604. The highest BCUT2D eigenvalue weighted by Gasteiger charge is 2.19. The summed E-state index contributed by atoms with van der Waals surface area (Å²) in [4.78, 5) is 4.47. The molecule has 1 fully saturated rings. The molecule has 0 bridgehead atoms. The first-order valence-corrected chi connectivity index (χ1v) is 6.29. The van der Waals surface area contributed by atoms with E-state index in [4.69, 9.17) is 4.74 Å². The number of hydrogen-bond donors (Lipinski definition) is 1. The van der Waals surface area contributed by atoms with E-state index in [1.54, 1.807) is 0 Å². The zero-order chi connectivity index (χ0) is 12.4. The molecule has 1 aliphatic heterocycles. The van der Waals surface area contributed by atoms with Gasteiger partial charge in [0.2, 0.25) is 5.95 Å². The van der Waals surface area contributed by atoms with E-state index in [9.17, 15) is 0 Å². The lowest BCUT2D eigenvalue weighted by molar-refractivity contribution is 0.0231. The second kappa shape index (κ2) is 4.86. The van der Waals surface area contributed by atoms with Gasteiger partial charge in [0.15, 0.2) is 0 Å². The molecule has 0 saturated carbocycles. The Kier molecular flexibility index (Phi) is 3.06. The molecular weight excluding hydrogens is 228 g/mol. The van der Waals surface area contributed by atoms with Gasteiger partial charge in [-0.3, -0.25) is 0 Å². The highest BCUT2D eigenvalue weighted by Crippen LogP contribution is 2.17. The van der Waals surface area contributed by atoms with Crippen molar-refractivity contribution in [2.75, 3.05) is 11.9 Å². The Labute approximate surface area is 106 Å². The Bertz CT molecular complexity index is 545. The van der Waals surface area contributed by atoms with Gasteiger partial charge in [0.1, 0.15) is 5.52 Å². The standard InChI is InChI=1S/C13H16N4O/c1-9-8-10(6-7-18-9)14-13-15-11-4-2-3-5-12(11)16-17-13/h2-5,9-10H,6-8H2,1H3,(H,14,15,17). The van der Waals surface area contributed by atoms with Gasteiger partial charge in [0, 0.05) is 12.6 Å². The van der Waals surface area contributed by atoms with E-state index in [1.165, 1.54) is 0 Å². The SMILES string of the molecule is CC1CC(Nc2nnc3ccccc3n2)CCO1. The minimum absolute atomic E-state index is 0.296. The van der Waals surface area contributed by atoms with Crippen molar-refractivity contribution in [2.24, 2.45) is 0 Å². The Balaban J connectivity index is 1.78. The summed E-state index contributed by atoms with van der Waals surface area (Å²) in [5.41, 5.74) is 1.69. The molecule has 0 spiro atoms. The summed E-state index contributed by atoms with van der Waals surface area (Å²) in [6.45, 7) is 2.88. The van der Waals surface area contributed by atoms with E-state index in [0.29, 0.717) is 18.1 Å². The Morgan fingerprint density at radius 2 is 2.06 bits per heavy atom. The van der Waals surface area contributed by atoms with Gasteiger partial charge in [0.05, 0.1) is 11.6 Å². The lowest BCUT2D eigenvalue weighted by Gasteiger charge is -2.27. The van der Waals surface area contributed by atoms with Gasteiger partial charge in [-0.15, -0.1) is 10.2 Å². The molecule has 1 aliphatic rings. The first-order chi connectivity index (χ1) is 8.81. The second-order valence-electron chi connectivity index (χ2n) is 4.67. The van der Waals surface area contributed by atoms with Gasteiger partial charge >= 0.3 is 0 Å². The molecule has 1 aromatic heterocycles. The third kappa shape index (κ3) is 2.41. The Hall–Kier alpha value is -1.75. The fraction of sp³-hybridized carbons (Fsp3) is 0.462. The fourth-order valence-electron chi connectivity index (χ4n) is 2.25. The topological polar surface area (TPSA) is 59.9 Å². The second-order valence-corrected chi connectivity index (χ2v) is 4.67. The van der Waals surface area contributed by atoms with Crippen LogP contribution < -0.4 is 5.32 Å². The molecule has 2 atom stereocenters. The summed E-state index contributed by atoms with van der Waals surface area (Å²) in [5, 5.41) is 11.6. The van der Waals surface area contributed by atoms with Crippen LogP contribution >= 0.6 is 0 Å². The van der Waals surface area contributed by atoms with Crippen molar-refractivity contribution in [3.63, 3.8) is 0 Å². The molecule has 2 aromatic rings. The van der Waals surface area contributed by atoms with Crippen LogP contribution in [0.1, 0.15) is 19.8 Å². The maximum atomic E-state index is 5.52. The average Bonchev–Trinajstić information content (AvgIpc) is 2.39. The summed E-state index contributed by atoms with van der Waals surface area (Å²) >= 11 is 0. The molecule has 1 aromatic carbocycles. The van der Waals surface area contributed by atoms with E-state index < -0.39 is 0 Å². The van der Waals surface area contributed by atoms with Crippen LogP contribution in [0.4, 0.5) is 5.95 Å². The van der Waals surface area contributed by atoms with Crippen molar-refractivity contribution in [1.29, 1.82) is 0 Å². The van der Waals surface area contributed by atoms with E-state index in [-0.39, 0.29) is 0 Å². The fourth-order valence-corrected chi connectivity index (χ4v) is 2.25. The minimum Gasteiger partial charge on any atom is -0.378 e. The van der Waals surface area contributed by atoms with Crippen LogP contribution in [0.5, 0.6) is 0 Å². The number of benzene rings is 1. The molecule has 0 radical (unpaired) electrons. The van der Waals surface area contributed by atoms with Crippen LogP contribution in [0.3, 0.4) is 0 Å². The summed E-state index contributed by atoms with van der Waals surface area (Å²) in [7, 11) is 0. The van der Waals surface area contributed by atoms with Gasteiger partial charge in [-0.1, -0.05) is 12.1 Å². The molecule has 1 N–H and O–H groups in total. The Morgan fingerprint density at radius 1 is 1.22 bits per heavy atom. The maximum absolute atomic E-state index is 5.52. The predicted molar refractivity (Wildman–Crippen MR) is 69.4 cm³/mol. The quantitative estimate of drug-likeness (QED) is 0.875. The first kappa shape index (κ1) is 11.3. The van der Waals surface area contributed by atoms with Crippen molar-refractivity contribution in [2.45, 2.75) is 31.9 Å². The molecule has 5 nitrogen and oxygen atoms in total. The van der Waals surface area contributed by atoms with E-state index in [0.717, 1.165) is 30.5 Å². The maximum Gasteiger partial charge on any atom is 0.243 e. The average molecular weight is 244 g/mol. The number of hydrogen-bond acceptors (Lipinski definition) is 5. The van der Waals surface area contributed by atoms with Crippen LogP contribution in [0.2, 0.25) is 0 Å². The number of nitrogens with one attached hydrogen (secondary N) is 1. The summed E-state index contributed by atoms with van der Waals surface area (Å²) in [6, 6.07) is 8.12. The lowest BCUT2D eigenvalue weighted by Crippen LogP contribution is -2.33. The third-order valence-electron chi connectivity index (χ3n) is 3.18. The number of rotatable bonds is 2. The Morgan fingerprint density at radius 3 is 2.89 bits per heavy atom. The number of anilines is 1. The van der Waals surface area contributed by atoms with Crippen molar-refractivity contribution in [3.05, 3.63) is 24.3 Å². The molecule has 5 heteroatoms. The minimum atomic E-state index is 0.296. The molecule has 2 unspecified atom stereocenters. The monoisotopic (exact) mass is 244 g/mol. The van der Waals surface area contributed by atoms with Crippen LogP contribution in [0.25, 0.3) is 11.0 Å². The van der Waals surface area contributed by atoms with Gasteiger partial charge in [0.25, 0.3) is 0 Å². The van der Waals surface area contributed by atoms with Crippen LogP contribution in [0.15, 0.2) is 24.3 Å². The van der Waals surface area contributed by atoms with Crippen LogP contribution in [-0.4, -0.2) is 33.9 Å². The molecule has 94 valence electrons. The first-order valence-electron chi connectivity index (χ1n) is 6.29. The zero-order valence-corrected chi connectivity index (χ0v) is 10.3. The number of nitrogens with zero attached hydrogens (tertiary/aromatic N) is 3. The van der Waals surface area contributed by atoms with Crippen LogP contribution in [0, 0.1) is 0 Å². The molecule has 0 amide bonds. The van der Waals surface area contributed by atoms with Crippen molar-refractivity contribution < 1.29 is 4.74 Å². The van der Waals surface area contributed by atoms with Crippen molar-refractivity contribution in [1.82, 2.24) is 15.2 Å². The lowest BCUT2D eigenvalue weighted by atomic mass is 10.0. The highest BCUT2D eigenvalue weighted by atomic mass is 16.5. The molecule has 0 aliphatic carbocycles. The van der Waals surface area contributed by atoms with E-state index in [2.05, 4.69) is 27.4 Å². The molecule has 3 rings (SSSR count). The molecular formula is C13H16N4O. The summed E-state index contributed by atoms with van der Waals surface area (Å²) < 4.78 is 5.52. The van der Waals surface area contributed by atoms with Crippen LogP contribution in [-0.2, 0) is 4.74 Å². The number of ether oxygens (including phenoxy) is 1. The van der Waals surface area contributed by atoms with Gasteiger partial charge in [-0.05, 0) is 31.9 Å². The predicted octanol–water partition coefficient (Wildman–Crippen LogP) is 2.00. The summed E-state index contributed by atoms with van der Waals surface area (Å²) in [6.07, 6.45) is 2.26. The molecule has 1 saturated heterocycles. The van der Waals surface area contributed by atoms with E-state index >= 15 is 0 Å². The largest absolute Gasteiger partial charge is 0.378 e. The highest BCUT2D eigenvalue weighted by molar-refractivity contribution is 5.74. The van der Waals surface area contributed by atoms with Gasteiger partial charge in [-0.2, -0.15) is 0 Å². The normalized spacial score (nSPS) is 24.1. The number of fused-ring (bicyclic) bond motifs is 1. The van der Waals surface area contributed by atoms with Crippen molar-refractivity contribution >= 4 is 17.0 Å². The molecule has 2 heterocycles. The number of para-hydroxylation sites is 1. The third-order valence-corrected chi connectivity index (χ3v) is 3.18. The number of aromatic nitrogens is 3. The zero-order valence-electron chi connectivity index (χ0n) is 10.3. The van der Waals surface area contributed by atoms with E-state index in [1.807, 2.05) is 24.3 Å². The smallest absolute Gasteiger partial charge is 0.243 e. The molecule has 18 heavy (non-hydrogen) atoms. The van der Waals surface area contributed by atoms with Gasteiger partial charge in [-0.25, -0.2) is 4.98 Å².